The molecule has 1 aliphatic heterocycles. The number of rotatable bonds is 4. The van der Waals surface area contributed by atoms with Crippen LogP contribution in [0.5, 0.6) is 0 Å². The molecule has 1 fully saturated rings. The summed E-state index contributed by atoms with van der Waals surface area (Å²) in [5.41, 5.74) is 1.13. The van der Waals surface area contributed by atoms with Gasteiger partial charge < -0.3 is 9.31 Å². The van der Waals surface area contributed by atoms with Gasteiger partial charge in [0.1, 0.15) is 0 Å². The number of carbonyl (C=O) groups excluding carboxylic acids is 1. The Kier molecular flexibility index (Phi) is 6.46. The molecule has 0 aliphatic carbocycles. The molecule has 7 heteroatoms. The molecule has 1 aromatic rings. The Morgan fingerprint density at radius 1 is 1.21 bits per heavy atom. The zero-order valence-electron chi connectivity index (χ0n) is 14.5. The highest BCUT2D eigenvalue weighted by Gasteiger charge is 2.52. The van der Waals surface area contributed by atoms with Crippen molar-refractivity contribution in [3.05, 3.63) is 38.2 Å². The van der Waals surface area contributed by atoms with Crippen LogP contribution < -0.4 is 0 Å². The largest absolute Gasteiger partial charge is 0.491 e. The molecule has 0 aromatic heterocycles. The van der Waals surface area contributed by atoms with Crippen LogP contribution in [0.3, 0.4) is 0 Å². The van der Waals surface area contributed by atoms with Gasteiger partial charge in [-0.25, -0.2) is 0 Å². The molecule has 0 N–H and O–H groups in total. The van der Waals surface area contributed by atoms with Crippen LogP contribution in [0.25, 0.3) is 6.08 Å². The second kappa shape index (κ2) is 7.66. The van der Waals surface area contributed by atoms with E-state index >= 15 is 0 Å². The normalized spacial score (nSPS) is 19.6. The van der Waals surface area contributed by atoms with Crippen molar-refractivity contribution in [3.63, 3.8) is 0 Å². The maximum atomic E-state index is 11.4. The van der Waals surface area contributed by atoms with Crippen LogP contribution in [0.1, 0.15) is 40.2 Å². The molecule has 1 aromatic carbocycles. The highest BCUT2D eigenvalue weighted by atomic mass is 79.9. The van der Waals surface area contributed by atoms with Gasteiger partial charge in [0.15, 0.2) is 5.12 Å². The maximum Gasteiger partial charge on any atom is 0.491 e. The van der Waals surface area contributed by atoms with Gasteiger partial charge in [-0.15, -0.1) is 0 Å². The predicted octanol–water partition coefficient (Wildman–Crippen LogP) is 5.51. The summed E-state index contributed by atoms with van der Waals surface area (Å²) in [5.74, 6) is 0.533. The summed E-state index contributed by atoms with van der Waals surface area (Å²) in [6.45, 7) is 9.67. The number of hydrogen-bond acceptors (Lipinski definition) is 4. The smallest absolute Gasteiger partial charge is 0.400 e. The molecule has 0 amide bonds. The molecule has 0 unspecified atom stereocenters. The van der Waals surface area contributed by atoms with Crippen LogP contribution in [0, 0.1) is 0 Å². The molecule has 2 rings (SSSR count). The third-order valence-corrected chi connectivity index (χ3v) is 6.40. The van der Waals surface area contributed by atoms with E-state index in [0.29, 0.717) is 5.75 Å². The fourth-order valence-corrected chi connectivity index (χ4v) is 3.51. The highest BCUT2D eigenvalue weighted by molar-refractivity contribution is 9.11. The van der Waals surface area contributed by atoms with Crippen LogP contribution in [0.2, 0.25) is 0 Å². The van der Waals surface area contributed by atoms with Crippen molar-refractivity contribution in [2.75, 3.05) is 5.75 Å². The minimum Gasteiger partial charge on any atom is -0.400 e. The lowest BCUT2D eigenvalue weighted by molar-refractivity contribution is -0.109. The van der Waals surface area contributed by atoms with E-state index in [2.05, 4.69) is 31.9 Å². The first-order chi connectivity index (χ1) is 11.0. The topological polar surface area (TPSA) is 35.5 Å². The lowest BCUT2D eigenvalue weighted by Gasteiger charge is -2.32. The van der Waals surface area contributed by atoms with E-state index in [0.717, 1.165) is 20.0 Å². The van der Waals surface area contributed by atoms with Crippen LogP contribution >= 0.6 is 43.6 Å². The van der Waals surface area contributed by atoms with Crippen LogP contribution in [-0.4, -0.2) is 29.2 Å². The van der Waals surface area contributed by atoms with Gasteiger partial charge in [-0.05, 0) is 56.9 Å². The molecular formula is C17H21BBr2O3S. The summed E-state index contributed by atoms with van der Waals surface area (Å²) in [6, 6.07) is 5.98. The van der Waals surface area contributed by atoms with Crippen molar-refractivity contribution in [2.24, 2.45) is 0 Å². The van der Waals surface area contributed by atoms with Gasteiger partial charge in [-0.1, -0.05) is 49.7 Å². The first-order valence-electron chi connectivity index (χ1n) is 7.66. The Morgan fingerprint density at radius 3 is 2.33 bits per heavy atom. The van der Waals surface area contributed by atoms with Crippen LogP contribution in [-0.2, 0) is 14.1 Å². The van der Waals surface area contributed by atoms with Crippen molar-refractivity contribution in [2.45, 2.75) is 45.8 Å². The SMILES string of the molecule is CC(=O)SCC(=Cc1cc(Br)ccc1Br)B1OC(C)(C)C(C)(C)O1. The fraction of sp³-hybridized carbons (Fsp3) is 0.471. The van der Waals surface area contributed by atoms with Gasteiger partial charge in [0.2, 0.25) is 0 Å². The first-order valence-corrected chi connectivity index (χ1v) is 10.2. The van der Waals surface area contributed by atoms with Gasteiger partial charge in [-0.3, -0.25) is 4.79 Å². The van der Waals surface area contributed by atoms with Gasteiger partial charge in [0.05, 0.1) is 11.2 Å². The molecule has 0 saturated carbocycles. The number of halogens is 2. The van der Waals surface area contributed by atoms with Gasteiger partial charge in [-0.2, -0.15) is 0 Å². The lowest BCUT2D eigenvalue weighted by atomic mass is 9.78. The maximum absolute atomic E-state index is 11.4. The number of thioether (sulfide) groups is 1. The average Bonchev–Trinajstić information content (AvgIpc) is 2.66. The van der Waals surface area contributed by atoms with Gasteiger partial charge in [0.25, 0.3) is 0 Å². The van der Waals surface area contributed by atoms with E-state index in [-0.39, 0.29) is 5.12 Å². The number of hydrogen-bond donors (Lipinski definition) is 0. The van der Waals surface area contributed by atoms with Gasteiger partial charge in [0, 0.05) is 21.6 Å². The Balaban J connectivity index is 2.37. The fourth-order valence-electron chi connectivity index (χ4n) is 2.18. The van der Waals surface area contributed by atoms with E-state index in [1.54, 1.807) is 6.92 Å². The van der Waals surface area contributed by atoms with Gasteiger partial charge >= 0.3 is 7.12 Å². The van der Waals surface area contributed by atoms with E-state index in [1.165, 1.54) is 11.8 Å². The average molecular weight is 476 g/mol. The Labute approximate surface area is 165 Å². The molecule has 0 spiro atoms. The zero-order chi connectivity index (χ0) is 18.1. The van der Waals surface area contributed by atoms with E-state index in [9.17, 15) is 4.79 Å². The molecule has 0 bridgehead atoms. The predicted molar refractivity (Wildman–Crippen MR) is 109 cm³/mol. The number of carbonyl (C=O) groups is 1. The molecule has 1 aliphatic rings. The van der Waals surface area contributed by atoms with Crippen molar-refractivity contribution in [1.29, 1.82) is 0 Å². The molecule has 130 valence electrons. The molecule has 0 atom stereocenters. The Bertz CT molecular complexity index is 658. The zero-order valence-corrected chi connectivity index (χ0v) is 18.5. The highest BCUT2D eigenvalue weighted by Crippen LogP contribution is 2.39. The molecule has 3 nitrogen and oxygen atoms in total. The van der Waals surface area contributed by atoms with Crippen LogP contribution in [0.15, 0.2) is 32.6 Å². The summed E-state index contributed by atoms with van der Waals surface area (Å²) in [4.78, 5) is 11.4. The first kappa shape index (κ1) is 20.2. The van der Waals surface area contributed by atoms with Crippen molar-refractivity contribution < 1.29 is 14.1 Å². The second-order valence-corrected chi connectivity index (χ2v) is 9.68. The quantitative estimate of drug-likeness (QED) is 0.538. The third-order valence-electron chi connectivity index (χ3n) is 4.30. The molecule has 24 heavy (non-hydrogen) atoms. The van der Waals surface area contributed by atoms with Crippen molar-refractivity contribution in [3.8, 4) is 0 Å². The lowest BCUT2D eigenvalue weighted by Crippen LogP contribution is -2.41. The summed E-state index contributed by atoms with van der Waals surface area (Å²) in [7, 11) is -0.465. The minimum atomic E-state index is -0.465. The Morgan fingerprint density at radius 2 is 1.79 bits per heavy atom. The van der Waals surface area contributed by atoms with E-state index < -0.39 is 18.3 Å². The Hall–Kier alpha value is -0.0751. The summed E-state index contributed by atoms with van der Waals surface area (Å²) in [6.07, 6.45) is 2.03. The summed E-state index contributed by atoms with van der Waals surface area (Å²) < 4.78 is 14.3. The minimum absolute atomic E-state index is 0.0747. The third kappa shape index (κ3) is 4.76. The van der Waals surface area contributed by atoms with Crippen molar-refractivity contribution >= 4 is 61.9 Å². The summed E-state index contributed by atoms with van der Waals surface area (Å²) in [5, 5.41) is 0.0747. The summed E-state index contributed by atoms with van der Waals surface area (Å²) >= 11 is 8.33. The van der Waals surface area contributed by atoms with Crippen molar-refractivity contribution in [1.82, 2.24) is 0 Å². The van der Waals surface area contributed by atoms with E-state index in [1.807, 2.05) is 52.0 Å². The van der Waals surface area contributed by atoms with Crippen LogP contribution in [0.4, 0.5) is 0 Å². The molecule has 1 heterocycles. The van der Waals surface area contributed by atoms with E-state index in [4.69, 9.17) is 9.31 Å². The molecular weight excluding hydrogens is 455 g/mol. The second-order valence-electron chi connectivity index (χ2n) is 6.75. The molecule has 0 radical (unpaired) electrons. The number of benzene rings is 1. The monoisotopic (exact) mass is 474 g/mol. The standard InChI is InChI=1S/C17H21BBr2O3S/c1-11(21)24-10-13(8-12-9-14(19)6-7-15(12)20)18-22-16(2,3)17(4,5)23-18/h6-9H,10H2,1-5H3. The molecule has 1 saturated heterocycles.